The van der Waals surface area contributed by atoms with E-state index in [1.165, 1.54) is 22.1 Å². The lowest BCUT2D eigenvalue weighted by molar-refractivity contribution is 0.549. The molecule has 2 heterocycles. The Morgan fingerprint density at radius 1 is 1.11 bits per heavy atom. The van der Waals surface area contributed by atoms with Crippen LogP contribution in [0.2, 0.25) is 0 Å². The van der Waals surface area contributed by atoms with Gasteiger partial charge in [0, 0.05) is 12.6 Å². The molecule has 7 nitrogen and oxygen atoms in total. The maximum Gasteiger partial charge on any atom is 0.266 e. The minimum atomic E-state index is -3.64. The number of sulfonamides is 1. The first-order valence-electron chi connectivity index (χ1n) is 8.91. The number of hydrogen-bond acceptors (Lipinski definition) is 6. The Bertz CT molecular complexity index is 1130. The van der Waals surface area contributed by atoms with Crippen LogP contribution in [-0.2, 0) is 23.0 Å². The van der Waals surface area contributed by atoms with E-state index in [9.17, 15) is 13.2 Å². The fourth-order valence-electron chi connectivity index (χ4n) is 2.77. The maximum atomic E-state index is 12.4. The molecule has 0 spiro atoms. The summed E-state index contributed by atoms with van der Waals surface area (Å²) in [4.78, 5) is 17.6. The second-order valence-electron chi connectivity index (χ2n) is 6.32. The lowest BCUT2D eigenvalue weighted by Crippen LogP contribution is -2.32. The van der Waals surface area contributed by atoms with Crippen molar-refractivity contribution in [3.8, 4) is 10.6 Å². The molecular weight excluding hydrogens is 396 g/mol. The van der Waals surface area contributed by atoms with Gasteiger partial charge in [-0.25, -0.2) is 22.8 Å². The second-order valence-corrected chi connectivity index (χ2v) is 9.29. The number of nitrogens with zero attached hydrogens (tertiary/aromatic N) is 3. The smallest absolute Gasteiger partial charge is 0.266 e. The van der Waals surface area contributed by atoms with Crippen LogP contribution in [0.3, 0.4) is 0 Å². The molecule has 0 saturated heterocycles. The molecule has 0 unspecified atom stereocenters. The molecule has 0 saturated carbocycles. The summed E-state index contributed by atoms with van der Waals surface area (Å²) in [5.41, 5.74) is 2.30. The van der Waals surface area contributed by atoms with Gasteiger partial charge in [-0.3, -0.25) is 4.79 Å². The Kier molecular flexibility index (Phi) is 6.07. The van der Waals surface area contributed by atoms with Crippen molar-refractivity contribution >= 4 is 21.4 Å². The molecule has 2 aromatic heterocycles. The average molecular weight is 419 g/mol. The highest BCUT2D eigenvalue weighted by molar-refractivity contribution is 7.89. The van der Waals surface area contributed by atoms with Crippen LogP contribution in [0.1, 0.15) is 23.2 Å². The fourth-order valence-corrected chi connectivity index (χ4v) is 4.68. The highest BCUT2D eigenvalue weighted by Gasteiger charge is 2.14. The van der Waals surface area contributed by atoms with Gasteiger partial charge >= 0.3 is 0 Å². The van der Waals surface area contributed by atoms with Crippen LogP contribution in [0.25, 0.3) is 10.6 Å². The average Bonchev–Trinajstić information content (AvgIpc) is 3.01. The van der Waals surface area contributed by atoms with Gasteiger partial charge in [0.1, 0.15) is 5.69 Å². The topological polar surface area (TPSA) is 93.9 Å². The van der Waals surface area contributed by atoms with E-state index in [0.29, 0.717) is 5.69 Å². The lowest BCUT2D eigenvalue weighted by Gasteiger charge is -2.09. The molecule has 3 rings (SSSR count). The summed E-state index contributed by atoms with van der Waals surface area (Å²) in [6, 6.07) is 9.86. The van der Waals surface area contributed by atoms with E-state index in [2.05, 4.69) is 14.8 Å². The molecule has 0 fully saturated rings. The number of aromatic nitrogens is 3. The second kappa shape index (κ2) is 8.34. The van der Waals surface area contributed by atoms with Gasteiger partial charge in [-0.2, -0.15) is 5.10 Å². The van der Waals surface area contributed by atoms with Crippen molar-refractivity contribution in [3.05, 3.63) is 63.0 Å². The molecule has 0 aliphatic rings. The Morgan fingerprint density at radius 3 is 2.43 bits per heavy atom. The molecule has 3 aromatic rings. The monoisotopic (exact) mass is 418 g/mol. The fraction of sp³-hybridized carbons (Fsp3) is 0.316. The van der Waals surface area contributed by atoms with Crippen LogP contribution in [0.5, 0.6) is 0 Å². The SMILES string of the molecule is CCc1ccc(S(=O)(=O)NCCn2nc(-c3sc(C)nc3C)ccc2=O)cc1. The highest BCUT2D eigenvalue weighted by atomic mass is 32.2. The number of benzene rings is 1. The summed E-state index contributed by atoms with van der Waals surface area (Å²) in [6.45, 7) is 6.02. The third-order valence-electron chi connectivity index (χ3n) is 4.26. The van der Waals surface area contributed by atoms with E-state index in [1.54, 1.807) is 30.3 Å². The van der Waals surface area contributed by atoms with Gasteiger partial charge < -0.3 is 0 Å². The van der Waals surface area contributed by atoms with Gasteiger partial charge in [0.25, 0.3) is 5.56 Å². The Morgan fingerprint density at radius 2 is 1.82 bits per heavy atom. The van der Waals surface area contributed by atoms with Crippen molar-refractivity contribution in [2.24, 2.45) is 0 Å². The summed E-state index contributed by atoms with van der Waals surface area (Å²) in [6.07, 6.45) is 0.845. The van der Waals surface area contributed by atoms with Gasteiger partial charge in [0.05, 0.1) is 27.0 Å². The third kappa shape index (κ3) is 4.54. The van der Waals surface area contributed by atoms with Gasteiger partial charge in [0.2, 0.25) is 10.0 Å². The highest BCUT2D eigenvalue weighted by Crippen LogP contribution is 2.27. The molecular formula is C19H22N4O3S2. The van der Waals surface area contributed by atoms with E-state index < -0.39 is 10.0 Å². The van der Waals surface area contributed by atoms with Crippen LogP contribution in [-0.4, -0.2) is 29.7 Å². The summed E-state index contributed by atoms with van der Waals surface area (Å²) in [5, 5.41) is 5.30. The molecule has 0 aliphatic heterocycles. The molecule has 148 valence electrons. The summed E-state index contributed by atoms with van der Waals surface area (Å²) in [5.74, 6) is 0. The van der Waals surface area contributed by atoms with Gasteiger partial charge in [-0.05, 0) is 44.0 Å². The number of aryl methyl sites for hydroxylation is 3. The zero-order chi connectivity index (χ0) is 20.3. The lowest BCUT2D eigenvalue weighted by atomic mass is 10.2. The Labute approximate surface area is 168 Å². The van der Waals surface area contributed by atoms with E-state index in [-0.39, 0.29) is 23.5 Å². The molecule has 0 bridgehead atoms. The van der Waals surface area contributed by atoms with Crippen molar-refractivity contribution in [3.63, 3.8) is 0 Å². The van der Waals surface area contributed by atoms with Crippen LogP contribution in [0.15, 0.2) is 46.1 Å². The standard InChI is InChI=1S/C19H22N4O3S2/c1-4-15-5-7-16(8-6-15)28(25,26)20-11-12-23-18(24)10-9-17(22-23)19-13(2)21-14(3)27-19/h5-10,20H,4,11-12H2,1-3H3. The number of hydrogen-bond donors (Lipinski definition) is 1. The summed E-state index contributed by atoms with van der Waals surface area (Å²) < 4.78 is 28.6. The van der Waals surface area contributed by atoms with Gasteiger partial charge in [-0.15, -0.1) is 11.3 Å². The number of nitrogens with one attached hydrogen (secondary N) is 1. The quantitative estimate of drug-likeness (QED) is 0.636. The van der Waals surface area contributed by atoms with Crippen LogP contribution in [0, 0.1) is 13.8 Å². The largest absolute Gasteiger partial charge is 0.268 e. The van der Waals surface area contributed by atoms with Gasteiger partial charge in [0.15, 0.2) is 0 Å². The minimum absolute atomic E-state index is 0.0644. The van der Waals surface area contributed by atoms with E-state index in [4.69, 9.17) is 0 Å². The predicted octanol–water partition coefficient (Wildman–Crippen LogP) is 2.52. The van der Waals surface area contributed by atoms with Crippen LogP contribution < -0.4 is 10.3 Å². The first-order valence-corrected chi connectivity index (χ1v) is 11.2. The van der Waals surface area contributed by atoms with Crippen LogP contribution in [0.4, 0.5) is 0 Å². The van der Waals surface area contributed by atoms with Crippen molar-refractivity contribution < 1.29 is 8.42 Å². The summed E-state index contributed by atoms with van der Waals surface area (Å²) in [7, 11) is -3.64. The molecule has 0 amide bonds. The van der Waals surface area contributed by atoms with E-state index in [1.807, 2.05) is 20.8 Å². The van der Waals surface area contributed by atoms with E-state index >= 15 is 0 Å². The maximum absolute atomic E-state index is 12.4. The first kappa shape index (κ1) is 20.4. The number of thiazole rings is 1. The number of rotatable bonds is 7. The molecule has 1 aromatic carbocycles. The summed E-state index contributed by atoms with van der Waals surface area (Å²) >= 11 is 1.51. The predicted molar refractivity (Wildman–Crippen MR) is 110 cm³/mol. The first-order chi connectivity index (χ1) is 13.3. The minimum Gasteiger partial charge on any atom is -0.268 e. The molecule has 0 atom stereocenters. The zero-order valence-electron chi connectivity index (χ0n) is 16.0. The van der Waals surface area contributed by atoms with Crippen molar-refractivity contribution in [1.82, 2.24) is 19.5 Å². The third-order valence-corrected chi connectivity index (χ3v) is 6.83. The Hall–Kier alpha value is -2.36. The zero-order valence-corrected chi connectivity index (χ0v) is 17.6. The van der Waals surface area contributed by atoms with Crippen molar-refractivity contribution in [2.75, 3.05) is 6.54 Å². The van der Waals surface area contributed by atoms with Crippen molar-refractivity contribution in [1.29, 1.82) is 0 Å². The van der Waals surface area contributed by atoms with Crippen LogP contribution >= 0.6 is 11.3 Å². The molecule has 1 N–H and O–H groups in total. The Balaban J connectivity index is 1.72. The van der Waals surface area contributed by atoms with Gasteiger partial charge in [-0.1, -0.05) is 19.1 Å². The molecule has 9 heteroatoms. The molecule has 0 aliphatic carbocycles. The van der Waals surface area contributed by atoms with Crippen molar-refractivity contribution in [2.45, 2.75) is 38.6 Å². The van der Waals surface area contributed by atoms with E-state index in [0.717, 1.165) is 27.6 Å². The molecule has 0 radical (unpaired) electrons. The molecule has 28 heavy (non-hydrogen) atoms. The normalized spacial score (nSPS) is 11.7.